The maximum Gasteiger partial charge on any atom is 0.269 e. The molecule has 0 bridgehead atoms. The summed E-state index contributed by atoms with van der Waals surface area (Å²) in [5.74, 6) is -0.531. The molecule has 112 valence electrons. The highest BCUT2D eigenvalue weighted by molar-refractivity contribution is 6.31. The molecular formula is C17H15ClN2O2. The monoisotopic (exact) mass is 314 g/mol. The second kappa shape index (κ2) is 6.20. The van der Waals surface area contributed by atoms with Gasteiger partial charge in [-0.3, -0.25) is 20.4 Å². The van der Waals surface area contributed by atoms with Gasteiger partial charge < -0.3 is 0 Å². The van der Waals surface area contributed by atoms with E-state index in [9.17, 15) is 9.59 Å². The summed E-state index contributed by atoms with van der Waals surface area (Å²) in [6, 6.07) is 16.3. The van der Waals surface area contributed by atoms with Gasteiger partial charge in [-0.1, -0.05) is 48.0 Å². The molecule has 1 aliphatic rings. The normalized spacial score (nSPS) is 19.3. The van der Waals surface area contributed by atoms with E-state index in [4.69, 9.17) is 11.6 Å². The number of hydrazine groups is 1. The van der Waals surface area contributed by atoms with Crippen LogP contribution in [-0.2, 0) is 4.79 Å². The Kier molecular flexibility index (Phi) is 4.11. The number of halogens is 1. The van der Waals surface area contributed by atoms with Crippen molar-refractivity contribution in [3.63, 3.8) is 0 Å². The molecule has 3 rings (SSSR count). The molecule has 22 heavy (non-hydrogen) atoms. The minimum absolute atomic E-state index is 0.127. The maximum absolute atomic E-state index is 12.1. The molecule has 0 aromatic heterocycles. The van der Waals surface area contributed by atoms with E-state index in [1.807, 2.05) is 30.3 Å². The van der Waals surface area contributed by atoms with Gasteiger partial charge in [0.1, 0.15) is 0 Å². The van der Waals surface area contributed by atoms with Crippen LogP contribution < -0.4 is 10.9 Å². The predicted molar refractivity (Wildman–Crippen MR) is 84.4 cm³/mol. The topological polar surface area (TPSA) is 58.2 Å². The van der Waals surface area contributed by atoms with Gasteiger partial charge in [0.25, 0.3) is 5.91 Å². The van der Waals surface area contributed by atoms with Gasteiger partial charge in [0.2, 0.25) is 5.91 Å². The molecule has 1 saturated carbocycles. The van der Waals surface area contributed by atoms with E-state index in [-0.39, 0.29) is 23.7 Å². The van der Waals surface area contributed by atoms with Gasteiger partial charge in [0, 0.05) is 16.5 Å². The van der Waals surface area contributed by atoms with Gasteiger partial charge in [0.15, 0.2) is 0 Å². The number of amides is 2. The average Bonchev–Trinajstić information content (AvgIpc) is 3.34. The zero-order valence-corrected chi connectivity index (χ0v) is 12.5. The summed E-state index contributed by atoms with van der Waals surface area (Å²) >= 11 is 6.14. The standard InChI is InChI=1S/C17H15ClN2O2/c18-15-9-5-4-8-12(15)13-10-14(13)17(22)20-19-16(21)11-6-2-1-3-7-11/h1-9,13-14H,10H2,(H,19,21)(H,20,22). The van der Waals surface area contributed by atoms with Gasteiger partial charge in [-0.25, -0.2) is 0 Å². The lowest BCUT2D eigenvalue weighted by Crippen LogP contribution is -2.42. The van der Waals surface area contributed by atoms with Gasteiger partial charge in [-0.05, 0) is 36.1 Å². The van der Waals surface area contributed by atoms with Crippen molar-refractivity contribution in [2.75, 3.05) is 0 Å². The van der Waals surface area contributed by atoms with Crippen LogP contribution in [-0.4, -0.2) is 11.8 Å². The van der Waals surface area contributed by atoms with Crippen LogP contribution in [0.15, 0.2) is 54.6 Å². The molecule has 0 heterocycles. The fraction of sp³-hybridized carbons (Fsp3) is 0.176. The first-order valence-electron chi connectivity index (χ1n) is 7.06. The Bertz CT molecular complexity index is 703. The van der Waals surface area contributed by atoms with Crippen LogP contribution in [0.5, 0.6) is 0 Å². The number of hydrogen-bond acceptors (Lipinski definition) is 2. The third-order valence-corrected chi connectivity index (χ3v) is 4.11. The molecule has 2 amide bonds. The number of hydrogen-bond donors (Lipinski definition) is 2. The van der Waals surface area contributed by atoms with Gasteiger partial charge >= 0.3 is 0 Å². The van der Waals surface area contributed by atoms with E-state index < -0.39 is 0 Å². The Balaban J connectivity index is 1.54. The highest BCUT2D eigenvalue weighted by atomic mass is 35.5. The number of rotatable bonds is 3. The Morgan fingerprint density at radius 1 is 0.955 bits per heavy atom. The molecule has 2 aromatic rings. The van der Waals surface area contributed by atoms with Crippen LogP contribution >= 0.6 is 11.6 Å². The largest absolute Gasteiger partial charge is 0.273 e. The zero-order chi connectivity index (χ0) is 15.5. The van der Waals surface area contributed by atoms with E-state index in [0.29, 0.717) is 10.6 Å². The van der Waals surface area contributed by atoms with Crippen molar-refractivity contribution in [1.82, 2.24) is 10.9 Å². The van der Waals surface area contributed by atoms with Gasteiger partial charge in [-0.15, -0.1) is 0 Å². The zero-order valence-electron chi connectivity index (χ0n) is 11.8. The van der Waals surface area contributed by atoms with Crippen LogP contribution in [0, 0.1) is 5.92 Å². The molecule has 4 nitrogen and oxygen atoms in total. The number of benzene rings is 2. The fourth-order valence-corrected chi connectivity index (χ4v) is 2.75. The first-order chi connectivity index (χ1) is 10.7. The van der Waals surface area contributed by atoms with Crippen LogP contribution in [0.1, 0.15) is 28.3 Å². The quantitative estimate of drug-likeness (QED) is 0.856. The van der Waals surface area contributed by atoms with Gasteiger partial charge in [0.05, 0.1) is 0 Å². The minimum atomic E-state index is -0.330. The second-order valence-corrected chi connectivity index (χ2v) is 5.69. The third kappa shape index (κ3) is 3.12. The molecule has 1 aliphatic carbocycles. The minimum Gasteiger partial charge on any atom is -0.273 e. The van der Waals surface area contributed by atoms with Crippen molar-refractivity contribution in [3.05, 3.63) is 70.7 Å². The van der Waals surface area contributed by atoms with Gasteiger partial charge in [-0.2, -0.15) is 0 Å². The third-order valence-electron chi connectivity index (χ3n) is 3.77. The molecule has 1 fully saturated rings. The van der Waals surface area contributed by atoms with Crippen LogP contribution in [0.25, 0.3) is 0 Å². The fourth-order valence-electron chi connectivity index (χ4n) is 2.48. The summed E-state index contributed by atoms with van der Waals surface area (Å²) in [5.41, 5.74) is 6.40. The second-order valence-electron chi connectivity index (χ2n) is 5.28. The summed E-state index contributed by atoms with van der Waals surface area (Å²) in [6.45, 7) is 0. The Morgan fingerprint density at radius 3 is 2.36 bits per heavy atom. The molecule has 0 spiro atoms. The molecule has 0 radical (unpaired) electrons. The number of nitrogens with one attached hydrogen (secondary N) is 2. The molecule has 2 N–H and O–H groups in total. The summed E-state index contributed by atoms with van der Waals surface area (Å²) in [7, 11) is 0. The van der Waals surface area contributed by atoms with E-state index in [1.165, 1.54) is 0 Å². The summed E-state index contributed by atoms with van der Waals surface area (Å²) < 4.78 is 0. The summed E-state index contributed by atoms with van der Waals surface area (Å²) in [4.78, 5) is 23.9. The summed E-state index contributed by atoms with van der Waals surface area (Å²) in [6.07, 6.45) is 0.747. The lowest BCUT2D eigenvalue weighted by molar-refractivity contribution is -0.123. The maximum atomic E-state index is 12.1. The van der Waals surface area contributed by atoms with Crippen molar-refractivity contribution < 1.29 is 9.59 Å². The first-order valence-corrected chi connectivity index (χ1v) is 7.44. The van der Waals surface area contributed by atoms with E-state index >= 15 is 0 Å². The van der Waals surface area contributed by atoms with E-state index in [2.05, 4.69) is 10.9 Å². The average molecular weight is 315 g/mol. The Labute approximate surface area is 133 Å². The van der Waals surface area contributed by atoms with Crippen LogP contribution in [0.2, 0.25) is 5.02 Å². The lowest BCUT2D eigenvalue weighted by atomic mass is 10.1. The lowest BCUT2D eigenvalue weighted by Gasteiger charge is -2.07. The molecule has 2 atom stereocenters. The number of carbonyl (C=O) groups excluding carboxylic acids is 2. The molecule has 2 aromatic carbocycles. The molecule has 0 saturated heterocycles. The highest BCUT2D eigenvalue weighted by Gasteiger charge is 2.44. The smallest absolute Gasteiger partial charge is 0.269 e. The van der Waals surface area contributed by atoms with Crippen LogP contribution in [0.4, 0.5) is 0 Å². The van der Waals surface area contributed by atoms with Crippen molar-refractivity contribution in [3.8, 4) is 0 Å². The molecule has 2 unspecified atom stereocenters. The molecule has 5 heteroatoms. The van der Waals surface area contributed by atoms with Crippen molar-refractivity contribution in [1.29, 1.82) is 0 Å². The number of carbonyl (C=O) groups is 2. The van der Waals surface area contributed by atoms with Crippen molar-refractivity contribution in [2.24, 2.45) is 5.92 Å². The predicted octanol–water partition coefficient (Wildman–Crippen LogP) is 2.90. The Hall–Kier alpha value is -2.33. The molecule has 0 aliphatic heterocycles. The van der Waals surface area contributed by atoms with E-state index in [0.717, 1.165) is 12.0 Å². The molecular weight excluding hydrogens is 300 g/mol. The SMILES string of the molecule is O=C(NNC(=O)C1CC1c1ccccc1Cl)c1ccccc1. The summed E-state index contributed by atoms with van der Waals surface area (Å²) in [5, 5.41) is 0.677. The van der Waals surface area contributed by atoms with Crippen molar-refractivity contribution >= 4 is 23.4 Å². The highest BCUT2D eigenvalue weighted by Crippen LogP contribution is 2.49. The van der Waals surface area contributed by atoms with Crippen LogP contribution in [0.3, 0.4) is 0 Å². The van der Waals surface area contributed by atoms with E-state index in [1.54, 1.807) is 24.3 Å². The van der Waals surface area contributed by atoms with Crippen molar-refractivity contribution in [2.45, 2.75) is 12.3 Å². The first kappa shape index (κ1) is 14.6. The Morgan fingerprint density at radius 2 is 1.64 bits per heavy atom.